The summed E-state index contributed by atoms with van der Waals surface area (Å²) < 4.78 is 56.8. The molecule has 0 saturated carbocycles. The molecule has 1 saturated heterocycles. The molecule has 3 N–H and O–H groups in total. The van der Waals surface area contributed by atoms with Gasteiger partial charge < -0.3 is 20.7 Å². The number of anilines is 2. The van der Waals surface area contributed by atoms with Gasteiger partial charge in [0, 0.05) is 16.6 Å². The van der Waals surface area contributed by atoms with Crippen LogP contribution in [0.5, 0.6) is 5.75 Å². The second-order valence-electron chi connectivity index (χ2n) is 8.10. The average Bonchev–Trinajstić information content (AvgIpc) is 3.24. The number of ether oxygens (including phenoxy) is 1. The van der Waals surface area contributed by atoms with Gasteiger partial charge in [0.2, 0.25) is 5.91 Å². The van der Waals surface area contributed by atoms with Crippen LogP contribution in [-0.4, -0.2) is 48.2 Å². The number of halogens is 3. The first-order valence-corrected chi connectivity index (χ1v) is 12.4. The van der Waals surface area contributed by atoms with Crippen molar-refractivity contribution in [3.63, 3.8) is 0 Å². The van der Waals surface area contributed by atoms with Crippen LogP contribution in [-0.2, 0) is 28.3 Å². The van der Waals surface area contributed by atoms with Crippen LogP contribution in [0.1, 0.15) is 17.7 Å². The molecule has 2 aromatic heterocycles. The number of nitrogens with one attached hydrogen (secondary N) is 3. The maximum Gasteiger partial charge on any atom is 0.418 e. The lowest BCUT2D eigenvalue weighted by Gasteiger charge is -2.27. The van der Waals surface area contributed by atoms with E-state index in [1.54, 1.807) is 0 Å². The topological polar surface area (TPSA) is 135 Å². The smallest absolute Gasteiger partial charge is 0.407 e. The van der Waals surface area contributed by atoms with Gasteiger partial charge in [0.15, 0.2) is 5.75 Å². The van der Waals surface area contributed by atoms with E-state index in [1.165, 1.54) is 55.2 Å². The van der Waals surface area contributed by atoms with Crippen molar-refractivity contribution >= 4 is 34.2 Å². The summed E-state index contributed by atoms with van der Waals surface area (Å²) in [7, 11) is -1.31. The van der Waals surface area contributed by atoms with Crippen molar-refractivity contribution in [2.45, 2.75) is 24.7 Å². The van der Waals surface area contributed by atoms with Gasteiger partial charge in [-0.15, -0.1) is 0 Å². The fourth-order valence-electron chi connectivity index (χ4n) is 3.65. The molecular formula is C23H21F3N6O4S. The van der Waals surface area contributed by atoms with Gasteiger partial charge in [-0.1, -0.05) is 12.1 Å². The summed E-state index contributed by atoms with van der Waals surface area (Å²) in [6.45, 7) is -0.0319. The number of carbonyl (C=O) groups excluding carboxylic acids is 2. The van der Waals surface area contributed by atoms with Gasteiger partial charge in [-0.25, -0.2) is 14.8 Å². The molecule has 0 spiro atoms. The molecule has 2 amide bonds. The Morgan fingerprint density at radius 1 is 1.08 bits per heavy atom. The highest BCUT2D eigenvalue weighted by atomic mass is 32.2. The number of rotatable bonds is 7. The van der Waals surface area contributed by atoms with Gasteiger partial charge >= 0.3 is 12.3 Å². The molecular weight excluding hydrogens is 513 g/mol. The van der Waals surface area contributed by atoms with Gasteiger partial charge in [0.25, 0.3) is 0 Å². The zero-order valence-corrected chi connectivity index (χ0v) is 19.9. The Morgan fingerprint density at radius 2 is 1.84 bits per heavy atom. The normalized spacial score (nSPS) is 19.2. The first kappa shape index (κ1) is 26.0. The van der Waals surface area contributed by atoms with Crippen LogP contribution >= 0.6 is 0 Å². The van der Waals surface area contributed by atoms with Crippen molar-refractivity contribution in [3.05, 3.63) is 72.6 Å². The highest BCUT2D eigenvalue weighted by molar-refractivity contribution is 7.85. The summed E-state index contributed by atoms with van der Waals surface area (Å²) in [5.41, 5.74) is -1.63. The highest BCUT2D eigenvalue weighted by Crippen LogP contribution is 2.35. The Labute approximate surface area is 211 Å². The molecule has 14 heteroatoms. The van der Waals surface area contributed by atoms with Gasteiger partial charge in [-0.05, 0) is 30.7 Å². The molecule has 3 aromatic rings. The molecule has 2 atom stereocenters. The molecule has 3 heterocycles. The van der Waals surface area contributed by atoms with E-state index < -0.39 is 40.1 Å². The van der Waals surface area contributed by atoms with Crippen LogP contribution in [0.2, 0.25) is 0 Å². The van der Waals surface area contributed by atoms with E-state index in [-0.39, 0.29) is 35.9 Å². The minimum Gasteiger partial charge on any atom is -0.407 e. The second kappa shape index (κ2) is 10.9. The number of nitrogens with zero attached hydrogens (tertiary/aromatic N) is 3. The van der Waals surface area contributed by atoms with Crippen LogP contribution in [0.4, 0.5) is 29.3 Å². The molecule has 10 nitrogen and oxygen atoms in total. The Balaban J connectivity index is 1.38. The molecule has 1 aliphatic rings. The number of amides is 2. The van der Waals surface area contributed by atoms with E-state index in [1.807, 2.05) is 0 Å². The Bertz CT molecular complexity index is 1290. The third-order valence-corrected chi connectivity index (χ3v) is 6.93. The summed E-state index contributed by atoms with van der Waals surface area (Å²) >= 11 is 0. The number of benzene rings is 1. The van der Waals surface area contributed by atoms with Crippen molar-refractivity contribution < 1.29 is 31.7 Å². The molecule has 4 rings (SSSR count). The number of pyridine rings is 1. The third kappa shape index (κ3) is 6.58. The maximum atomic E-state index is 13.2. The maximum absolute atomic E-state index is 13.2. The van der Waals surface area contributed by atoms with E-state index in [9.17, 15) is 27.0 Å². The van der Waals surface area contributed by atoms with E-state index >= 15 is 0 Å². The second-order valence-corrected chi connectivity index (χ2v) is 9.67. The Kier molecular flexibility index (Phi) is 7.66. The lowest BCUT2D eigenvalue weighted by atomic mass is 9.98. The minimum atomic E-state index is -4.52. The van der Waals surface area contributed by atoms with E-state index in [0.29, 0.717) is 11.4 Å². The van der Waals surface area contributed by atoms with Crippen LogP contribution in [0.25, 0.3) is 0 Å². The zero-order chi connectivity index (χ0) is 26.5. The van der Waals surface area contributed by atoms with Gasteiger partial charge in [-0.2, -0.15) is 13.2 Å². The van der Waals surface area contributed by atoms with Crippen molar-refractivity contribution in [1.29, 1.82) is 0 Å². The summed E-state index contributed by atoms with van der Waals surface area (Å²) in [5, 5.41) is 7.88. The molecule has 1 fully saturated rings. The number of para-hydroxylation sites is 1. The number of alkyl halides is 3. The van der Waals surface area contributed by atoms with Gasteiger partial charge in [0.05, 0.1) is 53.5 Å². The van der Waals surface area contributed by atoms with Gasteiger partial charge in [-0.3, -0.25) is 14.0 Å². The fourth-order valence-corrected chi connectivity index (χ4v) is 5.26. The molecule has 37 heavy (non-hydrogen) atoms. The van der Waals surface area contributed by atoms with Crippen LogP contribution < -0.4 is 20.7 Å². The lowest BCUT2D eigenvalue weighted by molar-refractivity contribution is -0.137. The van der Waals surface area contributed by atoms with E-state index in [4.69, 9.17) is 4.74 Å². The highest BCUT2D eigenvalue weighted by Gasteiger charge is 2.46. The molecule has 0 aliphatic carbocycles. The van der Waals surface area contributed by atoms with Crippen molar-refractivity contribution in [2.24, 2.45) is 0 Å². The zero-order valence-electron chi connectivity index (χ0n) is 19.1. The first-order valence-electron chi connectivity index (χ1n) is 10.9. The van der Waals surface area contributed by atoms with E-state index in [0.717, 1.165) is 6.07 Å². The SMILES string of the molecule is O=C(NC1(C(=O)NCc2ccc(Nc3ccccc3C(F)(F)F)cn2)CCS(=O)C1)Oc1cncnc1. The predicted octanol–water partition coefficient (Wildman–Crippen LogP) is 2.93. The number of hydrogen-bond donors (Lipinski definition) is 3. The monoisotopic (exact) mass is 534 g/mol. The van der Waals surface area contributed by atoms with Crippen molar-refractivity contribution in [1.82, 2.24) is 25.6 Å². The quantitative estimate of drug-likeness (QED) is 0.421. The Hall–Kier alpha value is -4.07. The molecule has 0 bridgehead atoms. The van der Waals surface area contributed by atoms with Gasteiger partial charge in [0.1, 0.15) is 11.9 Å². The number of carbonyl (C=O) groups is 2. The Morgan fingerprint density at radius 3 is 2.49 bits per heavy atom. The van der Waals surface area contributed by atoms with Crippen molar-refractivity contribution in [2.75, 3.05) is 16.8 Å². The number of aromatic nitrogens is 3. The fraction of sp³-hybridized carbons (Fsp3) is 0.261. The van der Waals surface area contributed by atoms with Crippen LogP contribution in [0.3, 0.4) is 0 Å². The summed E-state index contributed by atoms with van der Waals surface area (Å²) in [6, 6.07) is 8.14. The summed E-state index contributed by atoms with van der Waals surface area (Å²) in [6.07, 6.45) is -0.144. The first-order chi connectivity index (χ1) is 17.6. The summed E-state index contributed by atoms with van der Waals surface area (Å²) in [5.74, 6) is -0.359. The molecule has 1 aliphatic heterocycles. The number of hydrogen-bond acceptors (Lipinski definition) is 8. The lowest BCUT2D eigenvalue weighted by Crippen LogP contribution is -2.60. The van der Waals surface area contributed by atoms with Crippen molar-refractivity contribution in [3.8, 4) is 5.75 Å². The third-order valence-electron chi connectivity index (χ3n) is 5.45. The standard InChI is InChI=1S/C23H21F3N6O4S/c24-23(25,26)18-3-1-2-4-19(18)31-16-6-5-15(29-10-16)9-30-20(33)22(7-8-37(35)13-22)32-21(34)36-17-11-27-14-28-12-17/h1-6,10-12,14,31H,7-9,13H2,(H,30,33)(H,32,34). The van der Waals surface area contributed by atoms with Crippen LogP contribution in [0, 0.1) is 0 Å². The van der Waals surface area contributed by atoms with Crippen LogP contribution in [0.15, 0.2) is 61.3 Å². The molecule has 194 valence electrons. The largest absolute Gasteiger partial charge is 0.418 e. The predicted molar refractivity (Wildman–Crippen MR) is 127 cm³/mol. The molecule has 1 aromatic carbocycles. The minimum absolute atomic E-state index is 0.0319. The molecule has 0 radical (unpaired) electrons. The molecule has 2 unspecified atom stereocenters. The van der Waals surface area contributed by atoms with E-state index in [2.05, 4.69) is 30.9 Å². The summed E-state index contributed by atoms with van der Waals surface area (Å²) in [4.78, 5) is 37.0. The average molecular weight is 535 g/mol.